The van der Waals surface area contributed by atoms with Crippen molar-refractivity contribution < 1.29 is 13.2 Å². The summed E-state index contributed by atoms with van der Waals surface area (Å²) in [5, 5.41) is 0. The van der Waals surface area contributed by atoms with Gasteiger partial charge in [-0.2, -0.15) is 13.2 Å². The van der Waals surface area contributed by atoms with Crippen molar-refractivity contribution in [1.82, 2.24) is 0 Å². The van der Waals surface area contributed by atoms with Gasteiger partial charge < -0.3 is 0 Å². The lowest BCUT2D eigenvalue weighted by molar-refractivity contribution is -0.137. The highest BCUT2D eigenvalue weighted by Gasteiger charge is 2.31. The van der Waals surface area contributed by atoms with Gasteiger partial charge in [0.1, 0.15) is 0 Å². The zero-order chi connectivity index (χ0) is 17.3. The molecule has 122 valence electrons. The Bertz CT molecular complexity index is 822. The van der Waals surface area contributed by atoms with Gasteiger partial charge in [-0.05, 0) is 52.6 Å². The molecule has 0 nitrogen and oxygen atoms in total. The van der Waals surface area contributed by atoms with Gasteiger partial charge in [-0.15, -0.1) is 0 Å². The van der Waals surface area contributed by atoms with E-state index >= 15 is 0 Å². The van der Waals surface area contributed by atoms with Gasteiger partial charge in [0, 0.05) is 8.95 Å². The first-order valence-corrected chi connectivity index (χ1v) is 8.67. The van der Waals surface area contributed by atoms with Gasteiger partial charge in [0.05, 0.1) is 5.56 Å². The van der Waals surface area contributed by atoms with E-state index in [-0.39, 0.29) is 0 Å². The fourth-order valence-electron chi connectivity index (χ4n) is 2.49. The van der Waals surface area contributed by atoms with E-state index in [1.807, 2.05) is 24.3 Å². The van der Waals surface area contributed by atoms with Crippen LogP contribution in [0.25, 0.3) is 22.3 Å². The molecule has 0 fully saturated rings. The first kappa shape index (κ1) is 17.2. The number of rotatable bonds is 2. The summed E-state index contributed by atoms with van der Waals surface area (Å²) in [6, 6.07) is 18.6. The number of halogens is 5. The van der Waals surface area contributed by atoms with Crippen LogP contribution in [-0.4, -0.2) is 0 Å². The van der Waals surface area contributed by atoms with Gasteiger partial charge in [-0.25, -0.2) is 0 Å². The van der Waals surface area contributed by atoms with Crippen molar-refractivity contribution in [3.8, 4) is 22.3 Å². The molecule has 0 aliphatic rings. The first-order valence-electron chi connectivity index (χ1n) is 7.08. The van der Waals surface area contributed by atoms with Crippen LogP contribution in [0.5, 0.6) is 0 Å². The summed E-state index contributed by atoms with van der Waals surface area (Å²) in [5.41, 5.74) is 1.81. The van der Waals surface area contributed by atoms with E-state index < -0.39 is 11.7 Å². The molecule has 0 aliphatic carbocycles. The van der Waals surface area contributed by atoms with Crippen LogP contribution in [-0.2, 0) is 6.18 Å². The van der Waals surface area contributed by atoms with E-state index in [1.165, 1.54) is 12.1 Å². The standard InChI is InChI=1S/C19H11Br2F3/c20-17-7-3-1-5-15(17)12-9-13(11-14(10-12)19(22,23)24)16-6-2-4-8-18(16)21/h1-11H. The smallest absolute Gasteiger partial charge is 0.166 e. The minimum atomic E-state index is -4.41. The lowest BCUT2D eigenvalue weighted by atomic mass is 9.96. The molecular formula is C19H11Br2F3. The molecular weight excluding hydrogens is 445 g/mol. The Morgan fingerprint density at radius 2 is 1.04 bits per heavy atom. The Kier molecular flexibility index (Phi) is 4.83. The van der Waals surface area contributed by atoms with E-state index in [1.54, 1.807) is 30.3 Å². The van der Waals surface area contributed by atoms with Crippen LogP contribution in [0.15, 0.2) is 75.7 Å². The summed E-state index contributed by atoms with van der Waals surface area (Å²) in [5.74, 6) is 0. The Hall–Kier alpha value is -1.59. The monoisotopic (exact) mass is 454 g/mol. The van der Waals surface area contributed by atoms with Crippen LogP contribution >= 0.6 is 31.9 Å². The quantitative estimate of drug-likeness (QED) is 0.374. The number of hydrogen-bond acceptors (Lipinski definition) is 0. The second kappa shape index (κ2) is 6.73. The van der Waals surface area contributed by atoms with E-state index in [2.05, 4.69) is 31.9 Å². The van der Waals surface area contributed by atoms with Crippen LogP contribution in [0.1, 0.15) is 5.56 Å². The maximum absolute atomic E-state index is 13.4. The maximum Gasteiger partial charge on any atom is 0.416 e. The molecule has 3 aromatic rings. The molecule has 0 radical (unpaired) electrons. The zero-order valence-corrected chi connectivity index (χ0v) is 15.4. The molecule has 0 atom stereocenters. The average Bonchev–Trinajstić information content (AvgIpc) is 2.54. The summed E-state index contributed by atoms with van der Waals surface area (Å²) in [6.07, 6.45) is -4.41. The predicted octanol–water partition coefficient (Wildman–Crippen LogP) is 7.56. The third-order valence-corrected chi connectivity index (χ3v) is 5.01. The fourth-order valence-corrected chi connectivity index (χ4v) is 3.52. The largest absolute Gasteiger partial charge is 0.416 e. The lowest BCUT2D eigenvalue weighted by Crippen LogP contribution is -2.05. The maximum atomic E-state index is 13.4. The second-order valence-electron chi connectivity index (χ2n) is 5.26. The van der Waals surface area contributed by atoms with Gasteiger partial charge in [-0.3, -0.25) is 0 Å². The average molecular weight is 456 g/mol. The Balaban J connectivity index is 2.26. The number of alkyl halides is 3. The molecule has 0 aliphatic heterocycles. The summed E-state index contributed by atoms with van der Waals surface area (Å²) in [4.78, 5) is 0. The van der Waals surface area contributed by atoms with Crippen molar-refractivity contribution in [2.45, 2.75) is 6.18 Å². The van der Waals surface area contributed by atoms with Crippen LogP contribution in [0.2, 0.25) is 0 Å². The van der Waals surface area contributed by atoms with Crippen molar-refractivity contribution in [1.29, 1.82) is 0 Å². The molecule has 0 amide bonds. The summed E-state index contributed by atoms with van der Waals surface area (Å²) in [7, 11) is 0. The normalized spacial score (nSPS) is 11.5. The molecule has 3 rings (SSSR count). The molecule has 0 saturated carbocycles. The van der Waals surface area contributed by atoms with Crippen molar-refractivity contribution in [2.24, 2.45) is 0 Å². The van der Waals surface area contributed by atoms with Crippen molar-refractivity contribution >= 4 is 31.9 Å². The van der Waals surface area contributed by atoms with Gasteiger partial charge >= 0.3 is 6.18 Å². The van der Waals surface area contributed by atoms with Crippen molar-refractivity contribution in [3.63, 3.8) is 0 Å². The predicted molar refractivity (Wildman–Crippen MR) is 97.7 cm³/mol. The Morgan fingerprint density at radius 1 is 0.625 bits per heavy atom. The highest BCUT2D eigenvalue weighted by molar-refractivity contribution is 9.11. The minimum Gasteiger partial charge on any atom is -0.166 e. The lowest BCUT2D eigenvalue weighted by Gasteiger charge is -2.14. The number of benzene rings is 3. The topological polar surface area (TPSA) is 0 Å². The summed E-state index contributed by atoms with van der Waals surface area (Å²) in [6.45, 7) is 0. The minimum absolute atomic E-state index is 0.517. The molecule has 24 heavy (non-hydrogen) atoms. The number of hydrogen-bond donors (Lipinski definition) is 0. The second-order valence-corrected chi connectivity index (χ2v) is 6.97. The molecule has 0 spiro atoms. The third kappa shape index (κ3) is 3.57. The third-order valence-electron chi connectivity index (χ3n) is 3.63. The van der Waals surface area contributed by atoms with Crippen LogP contribution < -0.4 is 0 Å². The van der Waals surface area contributed by atoms with Crippen LogP contribution in [0, 0.1) is 0 Å². The van der Waals surface area contributed by atoms with Crippen molar-refractivity contribution in [3.05, 3.63) is 81.2 Å². The molecule has 0 saturated heterocycles. The van der Waals surface area contributed by atoms with E-state index in [0.717, 1.165) is 20.1 Å². The van der Waals surface area contributed by atoms with Gasteiger partial charge in [-0.1, -0.05) is 68.3 Å². The van der Waals surface area contributed by atoms with Gasteiger partial charge in [0.2, 0.25) is 0 Å². The molecule has 5 heteroatoms. The van der Waals surface area contributed by atoms with E-state index in [0.29, 0.717) is 11.1 Å². The van der Waals surface area contributed by atoms with E-state index in [4.69, 9.17) is 0 Å². The SMILES string of the molecule is FC(F)(F)c1cc(-c2ccccc2Br)cc(-c2ccccc2Br)c1. The molecule has 0 aromatic heterocycles. The Morgan fingerprint density at radius 3 is 1.42 bits per heavy atom. The van der Waals surface area contributed by atoms with E-state index in [9.17, 15) is 13.2 Å². The zero-order valence-electron chi connectivity index (χ0n) is 12.2. The summed E-state index contributed by atoms with van der Waals surface area (Å²) < 4.78 is 41.6. The Labute approximate surface area is 154 Å². The van der Waals surface area contributed by atoms with Gasteiger partial charge in [0.15, 0.2) is 0 Å². The van der Waals surface area contributed by atoms with Crippen molar-refractivity contribution in [2.75, 3.05) is 0 Å². The fraction of sp³-hybridized carbons (Fsp3) is 0.0526. The molecule has 0 N–H and O–H groups in total. The highest BCUT2D eigenvalue weighted by atomic mass is 79.9. The van der Waals surface area contributed by atoms with Crippen LogP contribution in [0.4, 0.5) is 13.2 Å². The molecule has 3 aromatic carbocycles. The van der Waals surface area contributed by atoms with Gasteiger partial charge in [0.25, 0.3) is 0 Å². The molecule has 0 bridgehead atoms. The highest BCUT2D eigenvalue weighted by Crippen LogP contribution is 2.39. The molecule has 0 heterocycles. The summed E-state index contributed by atoms with van der Waals surface area (Å²) >= 11 is 6.83. The van der Waals surface area contributed by atoms with Crippen LogP contribution in [0.3, 0.4) is 0 Å². The first-order chi connectivity index (χ1) is 11.4. The molecule has 0 unspecified atom stereocenters.